The molecule has 0 aliphatic carbocycles. The van der Waals surface area contributed by atoms with E-state index in [4.69, 9.17) is 4.74 Å². The summed E-state index contributed by atoms with van der Waals surface area (Å²) in [4.78, 5) is 14.1. The Morgan fingerprint density at radius 3 is 2.57 bits per heavy atom. The van der Waals surface area contributed by atoms with Crippen molar-refractivity contribution in [1.29, 1.82) is 0 Å². The molecule has 0 spiro atoms. The highest BCUT2D eigenvalue weighted by Crippen LogP contribution is 2.22. The first-order chi connectivity index (χ1) is 11.0. The molecule has 128 valence electrons. The summed E-state index contributed by atoms with van der Waals surface area (Å²) in [7, 11) is 0. The van der Waals surface area contributed by atoms with Gasteiger partial charge in [0.2, 0.25) is 0 Å². The first-order valence-electron chi connectivity index (χ1n) is 8.12. The van der Waals surface area contributed by atoms with Crippen LogP contribution < -0.4 is 10.2 Å². The van der Waals surface area contributed by atoms with Gasteiger partial charge in [-0.25, -0.2) is 4.39 Å². The molecule has 0 atom stereocenters. The van der Waals surface area contributed by atoms with Crippen LogP contribution in [0.25, 0.3) is 0 Å². The van der Waals surface area contributed by atoms with Gasteiger partial charge in [0.25, 0.3) is 5.91 Å². The van der Waals surface area contributed by atoms with E-state index in [9.17, 15) is 14.3 Å². The van der Waals surface area contributed by atoms with Gasteiger partial charge in [0.1, 0.15) is 5.82 Å². The number of rotatable bonds is 6. The maximum atomic E-state index is 14.3. The third-order valence-corrected chi connectivity index (χ3v) is 4.46. The molecule has 1 amide bonds. The lowest BCUT2D eigenvalue weighted by Gasteiger charge is -2.29. The Labute approximate surface area is 136 Å². The van der Waals surface area contributed by atoms with Crippen molar-refractivity contribution in [1.82, 2.24) is 5.32 Å². The van der Waals surface area contributed by atoms with Crippen molar-refractivity contribution in [2.45, 2.75) is 32.3 Å². The molecule has 1 heterocycles. The number of carbonyl (C=O) groups is 1. The molecule has 1 aliphatic heterocycles. The lowest BCUT2D eigenvalue weighted by Crippen LogP contribution is -2.42. The second-order valence-corrected chi connectivity index (χ2v) is 5.88. The fourth-order valence-electron chi connectivity index (χ4n) is 2.56. The smallest absolute Gasteiger partial charge is 0.251 e. The van der Waals surface area contributed by atoms with Crippen LogP contribution in [0, 0.1) is 5.82 Å². The molecule has 1 fully saturated rings. The molecule has 2 rings (SSSR count). The van der Waals surface area contributed by atoms with Crippen molar-refractivity contribution >= 4 is 11.6 Å². The molecule has 0 bridgehead atoms. The predicted octanol–water partition coefficient (Wildman–Crippen LogP) is 1.94. The summed E-state index contributed by atoms with van der Waals surface area (Å²) in [6.45, 7) is 6.33. The normalized spacial score (nSPS) is 15.6. The Morgan fingerprint density at radius 2 is 2.00 bits per heavy atom. The molecule has 1 aromatic carbocycles. The lowest BCUT2D eigenvalue weighted by molar-refractivity contribution is 0.0314. The monoisotopic (exact) mass is 324 g/mol. The second-order valence-electron chi connectivity index (χ2n) is 5.88. The molecule has 2 N–H and O–H groups in total. The number of anilines is 1. The molecule has 1 aromatic rings. The number of nitrogens with zero attached hydrogens (tertiary/aromatic N) is 1. The summed E-state index contributed by atoms with van der Waals surface area (Å²) >= 11 is 0. The third-order valence-electron chi connectivity index (χ3n) is 4.46. The number of amides is 1. The average molecular weight is 324 g/mol. The predicted molar refractivity (Wildman–Crippen MR) is 87.3 cm³/mol. The summed E-state index contributed by atoms with van der Waals surface area (Å²) < 4.78 is 19.5. The van der Waals surface area contributed by atoms with E-state index in [2.05, 4.69) is 5.32 Å². The van der Waals surface area contributed by atoms with Gasteiger partial charge >= 0.3 is 0 Å². The zero-order chi connectivity index (χ0) is 16.9. The summed E-state index contributed by atoms with van der Waals surface area (Å²) in [5.41, 5.74) is -0.167. The SMILES string of the molecule is CCC(O)(CC)CNC(=O)c1ccc(N2CCOCC2)c(F)c1. The maximum Gasteiger partial charge on any atom is 0.251 e. The molecule has 5 nitrogen and oxygen atoms in total. The Balaban J connectivity index is 2.03. The molecule has 0 radical (unpaired) electrons. The van der Waals surface area contributed by atoms with Gasteiger partial charge in [-0.15, -0.1) is 0 Å². The first kappa shape index (κ1) is 17.7. The van der Waals surface area contributed by atoms with Crippen molar-refractivity contribution in [3.8, 4) is 0 Å². The van der Waals surface area contributed by atoms with Gasteiger partial charge in [0.05, 0.1) is 24.5 Å². The fraction of sp³-hybridized carbons (Fsp3) is 0.588. The van der Waals surface area contributed by atoms with Crippen molar-refractivity contribution in [2.75, 3.05) is 37.7 Å². The van der Waals surface area contributed by atoms with E-state index in [0.29, 0.717) is 44.8 Å². The molecule has 6 heteroatoms. The highest BCUT2D eigenvalue weighted by molar-refractivity contribution is 5.94. The van der Waals surface area contributed by atoms with E-state index < -0.39 is 11.4 Å². The van der Waals surface area contributed by atoms with Gasteiger partial charge in [-0.3, -0.25) is 4.79 Å². The number of morpholine rings is 1. The maximum absolute atomic E-state index is 14.3. The summed E-state index contributed by atoms with van der Waals surface area (Å²) in [6.07, 6.45) is 1.10. The van der Waals surface area contributed by atoms with Crippen LogP contribution in [0.3, 0.4) is 0 Å². The van der Waals surface area contributed by atoms with Crippen LogP contribution in [-0.4, -0.2) is 49.5 Å². The lowest BCUT2D eigenvalue weighted by atomic mass is 9.97. The first-order valence-corrected chi connectivity index (χ1v) is 8.12. The Bertz CT molecular complexity index is 541. The quantitative estimate of drug-likeness (QED) is 0.839. The number of nitrogens with one attached hydrogen (secondary N) is 1. The molecule has 0 unspecified atom stereocenters. The molecule has 1 aliphatic rings. The van der Waals surface area contributed by atoms with Crippen molar-refractivity contribution in [3.05, 3.63) is 29.6 Å². The number of halogens is 1. The zero-order valence-electron chi connectivity index (χ0n) is 13.8. The van der Waals surface area contributed by atoms with E-state index in [0.717, 1.165) is 0 Å². The van der Waals surface area contributed by atoms with Crippen LogP contribution in [0.1, 0.15) is 37.0 Å². The van der Waals surface area contributed by atoms with Crippen LogP contribution >= 0.6 is 0 Å². The minimum atomic E-state index is -0.915. The summed E-state index contributed by atoms with van der Waals surface area (Å²) in [6, 6.07) is 4.48. The average Bonchev–Trinajstić information content (AvgIpc) is 2.60. The van der Waals surface area contributed by atoms with Gasteiger partial charge in [0.15, 0.2) is 0 Å². The number of ether oxygens (including phenoxy) is 1. The zero-order valence-corrected chi connectivity index (χ0v) is 13.8. The number of benzene rings is 1. The van der Waals surface area contributed by atoms with Crippen molar-refractivity contribution in [3.63, 3.8) is 0 Å². The topological polar surface area (TPSA) is 61.8 Å². The molecule has 0 aromatic heterocycles. The minimum absolute atomic E-state index is 0.158. The van der Waals surface area contributed by atoms with E-state index in [-0.39, 0.29) is 18.0 Å². The Kier molecular flexibility index (Phi) is 5.96. The minimum Gasteiger partial charge on any atom is -0.388 e. The largest absolute Gasteiger partial charge is 0.388 e. The van der Waals surface area contributed by atoms with Crippen LogP contribution in [0.15, 0.2) is 18.2 Å². The summed E-state index contributed by atoms with van der Waals surface area (Å²) in [5, 5.41) is 12.9. The number of hydrogen-bond donors (Lipinski definition) is 2. The highest BCUT2D eigenvalue weighted by atomic mass is 19.1. The van der Waals surface area contributed by atoms with Crippen LogP contribution in [0.5, 0.6) is 0 Å². The van der Waals surface area contributed by atoms with E-state index in [1.807, 2.05) is 18.7 Å². The van der Waals surface area contributed by atoms with Gasteiger partial charge < -0.3 is 20.1 Å². The molecular formula is C17H25FN2O3. The van der Waals surface area contributed by atoms with E-state index in [1.54, 1.807) is 12.1 Å². The van der Waals surface area contributed by atoms with Gasteiger partial charge in [0, 0.05) is 25.2 Å². The van der Waals surface area contributed by atoms with Gasteiger partial charge in [-0.1, -0.05) is 13.8 Å². The van der Waals surface area contributed by atoms with Crippen molar-refractivity contribution < 1.29 is 19.0 Å². The van der Waals surface area contributed by atoms with E-state index in [1.165, 1.54) is 6.07 Å². The Morgan fingerprint density at radius 1 is 1.35 bits per heavy atom. The molecule has 1 saturated heterocycles. The standard InChI is InChI=1S/C17H25FN2O3/c1-3-17(22,4-2)12-19-16(21)13-5-6-15(14(18)11-13)20-7-9-23-10-8-20/h5-6,11,22H,3-4,7-10,12H2,1-2H3,(H,19,21). The highest BCUT2D eigenvalue weighted by Gasteiger charge is 2.23. The van der Waals surface area contributed by atoms with Crippen LogP contribution in [-0.2, 0) is 4.74 Å². The van der Waals surface area contributed by atoms with Crippen LogP contribution in [0.2, 0.25) is 0 Å². The summed E-state index contributed by atoms with van der Waals surface area (Å²) in [5.74, 6) is -0.793. The van der Waals surface area contributed by atoms with Crippen LogP contribution in [0.4, 0.5) is 10.1 Å². The molecular weight excluding hydrogens is 299 g/mol. The second kappa shape index (κ2) is 7.75. The fourth-order valence-corrected chi connectivity index (χ4v) is 2.56. The number of carbonyl (C=O) groups excluding carboxylic acids is 1. The third kappa shape index (κ3) is 4.42. The van der Waals surface area contributed by atoms with Gasteiger partial charge in [-0.05, 0) is 31.0 Å². The van der Waals surface area contributed by atoms with Gasteiger partial charge in [-0.2, -0.15) is 0 Å². The number of hydrogen-bond acceptors (Lipinski definition) is 4. The number of aliphatic hydroxyl groups is 1. The Hall–Kier alpha value is -1.66. The van der Waals surface area contributed by atoms with E-state index >= 15 is 0 Å². The van der Waals surface area contributed by atoms with Crippen molar-refractivity contribution in [2.24, 2.45) is 0 Å². The molecule has 23 heavy (non-hydrogen) atoms. The molecule has 0 saturated carbocycles.